The quantitative estimate of drug-likeness (QED) is 0.345. The summed E-state index contributed by atoms with van der Waals surface area (Å²) in [5, 5.41) is 3.65. The summed E-state index contributed by atoms with van der Waals surface area (Å²) < 4.78 is 69.7. The molecule has 3 saturated heterocycles. The van der Waals surface area contributed by atoms with Gasteiger partial charge in [-0.3, -0.25) is 9.21 Å². The van der Waals surface area contributed by atoms with Crippen LogP contribution in [0, 0.1) is 5.92 Å². The third-order valence-electron chi connectivity index (χ3n) is 8.42. The highest BCUT2D eigenvalue weighted by atomic mass is 32.2. The zero-order chi connectivity index (χ0) is 29.2. The monoisotopic (exact) mass is 587 g/mol. The fourth-order valence-electron chi connectivity index (χ4n) is 6.46. The van der Waals surface area contributed by atoms with Crippen LogP contribution in [0.1, 0.15) is 41.9 Å². The minimum Gasteiger partial charge on any atom is -0.405 e. The summed E-state index contributed by atoms with van der Waals surface area (Å²) in [5.41, 5.74) is 2.91. The van der Waals surface area contributed by atoms with E-state index in [-0.39, 0.29) is 41.5 Å². The highest BCUT2D eigenvalue weighted by Gasteiger charge is 2.44. The largest absolute Gasteiger partial charge is 0.573 e. The predicted molar refractivity (Wildman–Crippen MR) is 154 cm³/mol. The van der Waals surface area contributed by atoms with E-state index in [0.717, 1.165) is 42.9 Å². The van der Waals surface area contributed by atoms with Gasteiger partial charge in [0.1, 0.15) is 5.75 Å². The number of sulfonamides is 1. The molecule has 0 amide bonds. The molecule has 1 N–H and O–H groups in total. The molecule has 0 spiro atoms. The lowest BCUT2D eigenvalue weighted by atomic mass is 9.74. The standard InChI is InChI=1S/C31H36F3N3O3S/c1-36(41(2,38)39)26-15-16-27(40-31(32,33)34)25(20-26)21-35-29-24-14-9-18-37(19-17-24)30(29)28(22-10-5-3-6-11-22)23-12-7-4-8-13-23/h3-8,10-13,15-16,20,24,28-30,35H,9,14,17-19,21H2,1-2H3. The number of piperidine rings is 1. The van der Waals surface area contributed by atoms with Crippen molar-refractivity contribution < 1.29 is 26.3 Å². The lowest BCUT2D eigenvalue weighted by Gasteiger charge is -2.47. The number of rotatable bonds is 9. The zero-order valence-electron chi connectivity index (χ0n) is 23.2. The average molecular weight is 588 g/mol. The maximum atomic E-state index is 13.3. The average Bonchev–Trinajstić information content (AvgIpc) is 3.27. The number of nitrogens with zero attached hydrogens (tertiary/aromatic N) is 2. The van der Waals surface area contributed by atoms with Crippen LogP contribution in [0.3, 0.4) is 0 Å². The van der Waals surface area contributed by atoms with Gasteiger partial charge in [-0.15, -0.1) is 13.2 Å². The summed E-state index contributed by atoms with van der Waals surface area (Å²) in [5.74, 6) is 0.0703. The van der Waals surface area contributed by atoms with Crippen LogP contribution >= 0.6 is 0 Å². The van der Waals surface area contributed by atoms with Crippen molar-refractivity contribution in [3.05, 3.63) is 95.6 Å². The van der Waals surface area contributed by atoms with Crippen LogP contribution in [0.5, 0.6) is 5.75 Å². The van der Waals surface area contributed by atoms with E-state index in [0.29, 0.717) is 5.92 Å². The van der Waals surface area contributed by atoms with Crippen LogP contribution in [0.4, 0.5) is 18.9 Å². The van der Waals surface area contributed by atoms with E-state index in [1.165, 1.54) is 36.4 Å². The van der Waals surface area contributed by atoms with Crippen LogP contribution in [0.2, 0.25) is 0 Å². The second-order valence-corrected chi connectivity index (χ2v) is 13.0. The Morgan fingerprint density at radius 3 is 2.20 bits per heavy atom. The molecule has 3 heterocycles. The Hall–Kier alpha value is -3.08. The van der Waals surface area contributed by atoms with E-state index in [1.54, 1.807) is 0 Å². The van der Waals surface area contributed by atoms with Gasteiger partial charge in [-0.1, -0.05) is 60.7 Å². The van der Waals surface area contributed by atoms with Crippen molar-refractivity contribution >= 4 is 15.7 Å². The highest BCUT2D eigenvalue weighted by Crippen LogP contribution is 2.41. The van der Waals surface area contributed by atoms with Crippen molar-refractivity contribution in [2.75, 3.05) is 30.7 Å². The van der Waals surface area contributed by atoms with Gasteiger partial charge in [0.2, 0.25) is 10.0 Å². The maximum Gasteiger partial charge on any atom is 0.573 e. The fourth-order valence-corrected chi connectivity index (χ4v) is 6.96. The van der Waals surface area contributed by atoms with Gasteiger partial charge in [0.25, 0.3) is 0 Å². The van der Waals surface area contributed by atoms with Crippen LogP contribution in [-0.4, -0.2) is 58.2 Å². The molecule has 3 aliphatic rings. The topological polar surface area (TPSA) is 61.9 Å². The minimum absolute atomic E-state index is 0.00769. The van der Waals surface area contributed by atoms with Crippen molar-refractivity contribution in [3.63, 3.8) is 0 Å². The van der Waals surface area contributed by atoms with E-state index < -0.39 is 16.4 Å². The molecule has 3 fully saturated rings. The van der Waals surface area contributed by atoms with E-state index in [1.807, 2.05) is 36.4 Å². The number of nitrogens with one attached hydrogen (secondary N) is 1. The minimum atomic E-state index is -4.87. The number of alkyl halides is 3. The first-order chi connectivity index (χ1) is 19.5. The molecule has 4 unspecified atom stereocenters. The normalized spacial score (nSPS) is 22.9. The van der Waals surface area contributed by atoms with Gasteiger partial charge in [-0.05, 0) is 67.6 Å². The summed E-state index contributed by atoms with van der Waals surface area (Å²) in [7, 11) is -2.23. The molecule has 6 rings (SSSR count). The Kier molecular flexibility index (Phi) is 8.63. The van der Waals surface area contributed by atoms with Crippen molar-refractivity contribution in [1.29, 1.82) is 0 Å². The lowest BCUT2D eigenvalue weighted by Crippen LogP contribution is -2.58. The van der Waals surface area contributed by atoms with E-state index in [4.69, 9.17) is 0 Å². The van der Waals surface area contributed by atoms with Crippen LogP contribution < -0.4 is 14.4 Å². The molecule has 3 aliphatic heterocycles. The molecule has 0 aromatic heterocycles. The molecule has 6 nitrogen and oxygen atoms in total. The molecule has 10 heteroatoms. The number of hydrogen-bond acceptors (Lipinski definition) is 5. The van der Waals surface area contributed by atoms with Crippen LogP contribution in [0.25, 0.3) is 0 Å². The van der Waals surface area contributed by atoms with Crippen LogP contribution in [0.15, 0.2) is 78.9 Å². The lowest BCUT2D eigenvalue weighted by molar-refractivity contribution is -0.274. The van der Waals surface area contributed by atoms with Crippen molar-refractivity contribution in [2.24, 2.45) is 5.92 Å². The van der Waals surface area contributed by atoms with Gasteiger partial charge in [0.05, 0.1) is 11.9 Å². The van der Waals surface area contributed by atoms with Crippen molar-refractivity contribution in [2.45, 2.75) is 50.2 Å². The van der Waals surface area contributed by atoms with Gasteiger partial charge in [0, 0.05) is 37.2 Å². The van der Waals surface area contributed by atoms with Gasteiger partial charge in [-0.25, -0.2) is 8.42 Å². The molecule has 0 aliphatic carbocycles. The Labute approximate surface area is 240 Å². The van der Waals surface area contributed by atoms with Gasteiger partial charge < -0.3 is 10.1 Å². The number of halogens is 3. The number of fused-ring (bicyclic) bond motifs is 4. The number of anilines is 1. The second-order valence-electron chi connectivity index (χ2n) is 11.0. The van der Waals surface area contributed by atoms with Crippen LogP contribution in [-0.2, 0) is 16.6 Å². The molecule has 220 valence electrons. The Morgan fingerprint density at radius 1 is 0.976 bits per heavy atom. The molecule has 3 aromatic rings. The Morgan fingerprint density at radius 2 is 1.61 bits per heavy atom. The summed E-state index contributed by atoms with van der Waals surface area (Å²) in [6, 6.07) is 24.8. The predicted octanol–water partition coefficient (Wildman–Crippen LogP) is 5.76. The van der Waals surface area contributed by atoms with Crippen molar-refractivity contribution in [3.8, 4) is 5.75 Å². The first kappa shape index (κ1) is 29.4. The summed E-state index contributed by atoms with van der Waals surface area (Å²) >= 11 is 0. The summed E-state index contributed by atoms with van der Waals surface area (Å²) in [6.07, 6.45) is -0.719. The molecular weight excluding hydrogens is 551 g/mol. The smallest absolute Gasteiger partial charge is 0.405 e. The molecule has 41 heavy (non-hydrogen) atoms. The summed E-state index contributed by atoms with van der Waals surface area (Å²) in [6.45, 7) is 2.03. The van der Waals surface area contributed by atoms with Gasteiger partial charge >= 0.3 is 6.36 Å². The third-order valence-corrected chi connectivity index (χ3v) is 9.63. The van der Waals surface area contributed by atoms with E-state index in [2.05, 4.69) is 39.2 Å². The summed E-state index contributed by atoms with van der Waals surface area (Å²) in [4.78, 5) is 2.53. The zero-order valence-corrected chi connectivity index (χ0v) is 24.0. The van der Waals surface area contributed by atoms with Gasteiger partial charge in [-0.2, -0.15) is 0 Å². The molecule has 4 atom stereocenters. The second kappa shape index (κ2) is 12.0. The SMILES string of the molecule is CN(c1ccc(OC(F)(F)F)c(CNC2C3CCCN(CC3)C2C(c2ccccc2)c2ccccc2)c1)S(C)(=O)=O. The maximum absolute atomic E-state index is 13.3. The third kappa shape index (κ3) is 6.88. The molecular formula is C31H36F3N3O3S. The Balaban J connectivity index is 1.52. The van der Waals surface area contributed by atoms with E-state index >= 15 is 0 Å². The number of ether oxygens (including phenoxy) is 1. The first-order valence-electron chi connectivity index (χ1n) is 13.9. The molecule has 0 saturated carbocycles. The molecule has 2 bridgehead atoms. The number of hydrogen-bond donors (Lipinski definition) is 1. The fraction of sp³-hybridized carbons (Fsp3) is 0.419. The van der Waals surface area contributed by atoms with Crippen molar-refractivity contribution in [1.82, 2.24) is 10.2 Å². The highest BCUT2D eigenvalue weighted by molar-refractivity contribution is 7.92. The van der Waals surface area contributed by atoms with E-state index in [9.17, 15) is 21.6 Å². The first-order valence-corrected chi connectivity index (χ1v) is 15.8. The number of benzene rings is 3. The van der Waals surface area contributed by atoms with Gasteiger partial charge in [0.15, 0.2) is 0 Å². The molecule has 3 aromatic carbocycles. The molecule has 0 radical (unpaired) electrons. The Bertz CT molecular complexity index is 1380.